The molecule has 0 radical (unpaired) electrons. The van der Waals surface area contributed by atoms with E-state index >= 15 is 0 Å². The van der Waals surface area contributed by atoms with Crippen molar-refractivity contribution in [3.05, 3.63) is 64.9 Å². The third-order valence-electron chi connectivity index (χ3n) is 3.67. The number of aromatic nitrogens is 1. The molecule has 0 aliphatic rings. The van der Waals surface area contributed by atoms with Crippen molar-refractivity contribution in [2.75, 3.05) is 7.05 Å². The summed E-state index contributed by atoms with van der Waals surface area (Å²) in [6.07, 6.45) is 3.97. The van der Waals surface area contributed by atoms with E-state index in [0.29, 0.717) is 18.0 Å². The van der Waals surface area contributed by atoms with Crippen molar-refractivity contribution in [2.45, 2.75) is 25.9 Å². The van der Waals surface area contributed by atoms with Gasteiger partial charge in [-0.25, -0.2) is 0 Å². The molecule has 24 heavy (non-hydrogen) atoms. The van der Waals surface area contributed by atoms with Crippen LogP contribution in [0.3, 0.4) is 0 Å². The van der Waals surface area contributed by atoms with Gasteiger partial charge < -0.3 is 10.2 Å². The number of pyridine rings is 1. The lowest BCUT2D eigenvalue weighted by molar-refractivity contribution is -0.145. The number of benzene rings is 1. The molecule has 126 valence electrons. The molecule has 0 aliphatic heterocycles. The molecule has 2 amide bonds. The zero-order chi connectivity index (χ0) is 17.5. The third-order valence-corrected chi connectivity index (χ3v) is 3.91. The molecule has 5 nitrogen and oxygen atoms in total. The first-order valence-electron chi connectivity index (χ1n) is 7.71. The number of nitrogens with one attached hydrogen (secondary N) is 1. The third kappa shape index (κ3) is 4.80. The molecule has 2 rings (SSSR count). The first-order valence-corrected chi connectivity index (χ1v) is 8.09. The largest absolute Gasteiger partial charge is 0.341 e. The maximum absolute atomic E-state index is 12.3. The predicted molar refractivity (Wildman–Crippen MR) is 93.3 cm³/mol. The van der Waals surface area contributed by atoms with Crippen molar-refractivity contribution >= 4 is 23.4 Å². The number of carbonyl (C=O) groups is 2. The van der Waals surface area contributed by atoms with Crippen LogP contribution in [0.4, 0.5) is 0 Å². The molecule has 0 spiro atoms. The van der Waals surface area contributed by atoms with Gasteiger partial charge in [-0.2, -0.15) is 0 Å². The van der Waals surface area contributed by atoms with Crippen LogP contribution in [0.5, 0.6) is 0 Å². The van der Waals surface area contributed by atoms with Gasteiger partial charge in [-0.1, -0.05) is 30.7 Å². The van der Waals surface area contributed by atoms with E-state index in [1.165, 1.54) is 4.90 Å². The Morgan fingerprint density at radius 3 is 2.58 bits per heavy atom. The maximum atomic E-state index is 12.3. The summed E-state index contributed by atoms with van der Waals surface area (Å²) in [7, 11) is 1.60. The monoisotopic (exact) mass is 345 g/mol. The van der Waals surface area contributed by atoms with Crippen LogP contribution >= 0.6 is 11.6 Å². The summed E-state index contributed by atoms with van der Waals surface area (Å²) in [4.78, 5) is 29.8. The van der Waals surface area contributed by atoms with E-state index in [9.17, 15) is 9.59 Å². The van der Waals surface area contributed by atoms with Gasteiger partial charge in [0.05, 0.1) is 6.04 Å². The number of likely N-dealkylation sites (N-methyl/N-ethyl adjacent to an activating group) is 1. The molecule has 1 N–H and O–H groups in total. The Balaban J connectivity index is 2.00. The van der Waals surface area contributed by atoms with Gasteiger partial charge in [-0.15, -0.1) is 0 Å². The zero-order valence-corrected chi connectivity index (χ0v) is 14.5. The SMILES string of the molecule is CC[C@H](NC(=O)C(=O)N(C)Cc1ccncc1)c1cccc(Cl)c1. The Morgan fingerprint density at radius 1 is 1.25 bits per heavy atom. The molecule has 0 unspecified atom stereocenters. The van der Waals surface area contributed by atoms with Gasteiger partial charge >= 0.3 is 11.8 Å². The predicted octanol–water partition coefficient (Wildman–Crippen LogP) is 2.96. The number of rotatable bonds is 5. The lowest BCUT2D eigenvalue weighted by Gasteiger charge is -2.21. The first-order chi connectivity index (χ1) is 11.5. The van der Waals surface area contributed by atoms with E-state index in [-0.39, 0.29) is 6.04 Å². The number of hydrogen-bond donors (Lipinski definition) is 1. The highest BCUT2D eigenvalue weighted by molar-refractivity contribution is 6.35. The fourth-order valence-electron chi connectivity index (χ4n) is 2.37. The van der Waals surface area contributed by atoms with Crippen LogP contribution in [-0.4, -0.2) is 28.7 Å². The van der Waals surface area contributed by atoms with Crippen LogP contribution in [0.2, 0.25) is 5.02 Å². The fourth-order valence-corrected chi connectivity index (χ4v) is 2.57. The van der Waals surface area contributed by atoms with Gasteiger partial charge in [0.15, 0.2) is 0 Å². The van der Waals surface area contributed by atoms with E-state index in [0.717, 1.165) is 11.1 Å². The highest BCUT2D eigenvalue weighted by Crippen LogP contribution is 2.20. The van der Waals surface area contributed by atoms with Crippen molar-refractivity contribution < 1.29 is 9.59 Å². The number of amides is 2. The van der Waals surface area contributed by atoms with Crippen molar-refractivity contribution in [1.29, 1.82) is 0 Å². The normalized spacial score (nSPS) is 11.6. The second kappa shape index (κ2) is 8.45. The zero-order valence-electron chi connectivity index (χ0n) is 13.7. The Kier molecular flexibility index (Phi) is 6.32. The summed E-state index contributed by atoms with van der Waals surface area (Å²) in [5.74, 6) is -1.20. The molecule has 6 heteroatoms. The van der Waals surface area contributed by atoms with E-state index in [4.69, 9.17) is 11.6 Å². The number of carbonyl (C=O) groups excluding carboxylic acids is 2. The van der Waals surface area contributed by atoms with Crippen molar-refractivity contribution in [3.8, 4) is 0 Å². The van der Waals surface area contributed by atoms with Gasteiger partial charge in [0, 0.05) is 31.0 Å². The molecular weight excluding hydrogens is 326 g/mol. The van der Waals surface area contributed by atoms with Gasteiger partial charge in [0.1, 0.15) is 0 Å². The molecular formula is C18H20ClN3O2. The Hall–Kier alpha value is -2.40. The number of halogens is 1. The summed E-state index contributed by atoms with van der Waals surface area (Å²) in [5.41, 5.74) is 1.79. The van der Waals surface area contributed by atoms with Gasteiger partial charge in [-0.05, 0) is 41.8 Å². The molecule has 0 saturated carbocycles. The Bertz CT molecular complexity index is 706. The minimum atomic E-state index is -0.626. The molecule has 1 heterocycles. The van der Waals surface area contributed by atoms with Crippen LogP contribution in [0.15, 0.2) is 48.8 Å². The van der Waals surface area contributed by atoms with Gasteiger partial charge in [-0.3, -0.25) is 14.6 Å². The molecule has 0 saturated heterocycles. The second-order valence-electron chi connectivity index (χ2n) is 5.51. The smallest absolute Gasteiger partial charge is 0.311 e. The highest BCUT2D eigenvalue weighted by Gasteiger charge is 2.22. The summed E-state index contributed by atoms with van der Waals surface area (Å²) in [6.45, 7) is 2.29. The molecule has 0 aliphatic carbocycles. The highest BCUT2D eigenvalue weighted by atomic mass is 35.5. The van der Waals surface area contributed by atoms with E-state index < -0.39 is 11.8 Å². The topological polar surface area (TPSA) is 62.3 Å². The summed E-state index contributed by atoms with van der Waals surface area (Å²) in [5, 5.41) is 3.37. The summed E-state index contributed by atoms with van der Waals surface area (Å²) < 4.78 is 0. The molecule has 0 bridgehead atoms. The maximum Gasteiger partial charge on any atom is 0.311 e. The second-order valence-corrected chi connectivity index (χ2v) is 5.94. The van der Waals surface area contributed by atoms with Gasteiger partial charge in [0.25, 0.3) is 0 Å². The Morgan fingerprint density at radius 2 is 1.96 bits per heavy atom. The van der Waals surface area contributed by atoms with Crippen LogP contribution in [0.25, 0.3) is 0 Å². The van der Waals surface area contributed by atoms with Crippen molar-refractivity contribution in [1.82, 2.24) is 15.2 Å². The molecule has 1 aromatic carbocycles. The standard InChI is InChI=1S/C18H20ClN3O2/c1-3-16(14-5-4-6-15(19)11-14)21-17(23)18(24)22(2)12-13-7-9-20-10-8-13/h4-11,16H,3,12H2,1-2H3,(H,21,23)/t16-/m0/s1. The van der Waals surface area contributed by atoms with E-state index in [1.54, 1.807) is 31.6 Å². The van der Waals surface area contributed by atoms with Crippen LogP contribution in [-0.2, 0) is 16.1 Å². The van der Waals surface area contributed by atoms with Crippen LogP contribution < -0.4 is 5.32 Å². The van der Waals surface area contributed by atoms with Gasteiger partial charge in [0.2, 0.25) is 0 Å². The average Bonchev–Trinajstić information content (AvgIpc) is 2.59. The first kappa shape index (κ1) is 17.9. The van der Waals surface area contributed by atoms with Crippen LogP contribution in [0, 0.1) is 0 Å². The number of nitrogens with zero attached hydrogens (tertiary/aromatic N) is 2. The van der Waals surface area contributed by atoms with E-state index in [1.807, 2.05) is 31.2 Å². The molecule has 1 aromatic heterocycles. The summed E-state index contributed by atoms with van der Waals surface area (Å²) >= 11 is 5.99. The Labute approximate surface area is 146 Å². The van der Waals surface area contributed by atoms with Crippen LogP contribution in [0.1, 0.15) is 30.5 Å². The lowest BCUT2D eigenvalue weighted by Crippen LogP contribution is -2.42. The number of hydrogen-bond acceptors (Lipinski definition) is 3. The summed E-state index contributed by atoms with van der Waals surface area (Å²) in [6, 6.07) is 10.6. The van der Waals surface area contributed by atoms with Crippen molar-refractivity contribution in [2.24, 2.45) is 0 Å². The lowest BCUT2D eigenvalue weighted by atomic mass is 10.0. The van der Waals surface area contributed by atoms with Crippen molar-refractivity contribution in [3.63, 3.8) is 0 Å². The minimum absolute atomic E-state index is 0.255. The molecule has 2 aromatic rings. The fraction of sp³-hybridized carbons (Fsp3) is 0.278. The quantitative estimate of drug-likeness (QED) is 0.847. The average molecular weight is 346 g/mol. The van der Waals surface area contributed by atoms with E-state index in [2.05, 4.69) is 10.3 Å². The minimum Gasteiger partial charge on any atom is -0.341 e. The molecule has 0 fully saturated rings. The molecule has 1 atom stereocenters.